The summed E-state index contributed by atoms with van der Waals surface area (Å²) in [6.45, 7) is 5.50. The number of hydrogen-bond donors (Lipinski definition) is 1. The molecule has 0 bridgehead atoms. The number of benzene rings is 1. The van der Waals surface area contributed by atoms with Crippen LogP contribution in [0.4, 0.5) is 0 Å². The maximum atomic E-state index is 6.19. The minimum atomic E-state index is 0.110. The van der Waals surface area contributed by atoms with Crippen LogP contribution in [0.1, 0.15) is 45.1 Å². The Kier molecular flexibility index (Phi) is 4.75. The van der Waals surface area contributed by atoms with Gasteiger partial charge in [0.05, 0.1) is 7.11 Å². The minimum Gasteiger partial charge on any atom is -0.496 e. The van der Waals surface area contributed by atoms with Gasteiger partial charge in [0.1, 0.15) is 5.75 Å². The number of hydrogen-bond acceptors (Lipinski definition) is 2. The smallest absolute Gasteiger partial charge is 0.122 e. The second-order valence-electron chi connectivity index (χ2n) is 5.49. The van der Waals surface area contributed by atoms with Crippen molar-refractivity contribution in [2.24, 2.45) is 0 Å². The van der Waals surface area contributed by atoms with Crippen LogP contribution in [0.25, 0.3) is 0 Å². The lowest BCUT2D eigenvalue weighted by Gasteiger charge is -2.34. The summed E-state index contributed by atoms with van der Waals surface area (Å²) in [7, 11) is 1.73. The lowest BCUT2D eigenvalue weighted by molar-refractivity contribution is 0.339. The van der Waals surface area contributed by atoms with Crippen molar-refractivity contribution in [1.29, 1.82) is 0 Å². The molecule has 1 aliphatic carbocycles. The summed E-state index contributed by atoms with van der Waals surface area (Å²) in [5.41, 5.74) is 1.35. The fourth-order valence-electron chi connectivity index (χ4n) is 2.70. The van der Waals surface area contributed by atoms with E-state index in [-0.39, 0.29) is 5.41 Å². The molecule has 0 atom stereocenters. The third-order valence-corrected chi connectivity index (χ3v) is 4.63. The highest BCUT2D eigenvalue weighted by molar-refractivity contribution is 6.30. The summed E-state index contributed by atoms with van der Waals surface area (Å²) in [5, 5.41) is 4.46. The van der Waals surface area contributed by atoms with Gasteiger partial charge in [-0.25, -0.2) is 0 Å². The van der Waals surface area contributed by atoms with E-state index in [1.807, 2.05) is 12.1 Å². The number of halogens is 1. The van der Waals surface area contributed by atoms with Crippen molar-refractivity contribution in [3.05, 3.63) is 28.8 Å². The van der Waals surface area contributed by atoms with Crippen molar-refractivity contribution < 1.29 is 4.74 Å². The van der Waals surface area contributed by atoms with E-state index in [2.05, 4.69) is 25.2 Å². The lowest BCUT2D eigenvalue weighted by Crippen LogP contribution is -2.38. The van der Waals surface area contributed by atoms with Gasteiger partial charge >= 0.3 is 0 Å². The Morgan fingerprint density at radius 1 is 1.32 bits per heavy atom. The molecule has 0 radical (unpaired) electrons. The van der Waals surface area contributed by atoms with E-state index in [4.69, 9.17) is 16.3 Å². The summed E-state index contributed by atoms with van der Waals surface area (Å²) in [6, 6.07) is 6.67. The van der Waals surface area contributed by atoms with Crippen LogP contribution >= 0.6 is 11.6 Å². The predicted molar refractivity (Wildman–Crippen MR) is 81.3 cm³/mol. The molecule has 3 heteroatoms. The zero-order chi connectivity index (χ0) is 13.9. The van der Waals surface area contributed by atoms with Crippen molar-refractivity contribution in [1.82, 2.24) is 5.32 Å². The van der Waals surface area contributed by atoms with Gasteiger partial charge in [-0.3, -0.25) is 0 Å². The van der Waals surface area contributed by atoms with Gasteiger partial charge in [0.15, 0.2) is 0 Å². The Morgan fingerprint density at radius 2 is 2.00 bits per heavy atom. The standard InChI is InChI=1S/C16H24ClNO/c1-4-16(5-2,11-18-13-7-8-13)14-10-12(17)6-9-15(14)19-3/h6,9-10,13,18H,4-5,7-8,11H2,1-3H3. The fraction of sp³-hybridized carbons (Fsp3) is 0.625. The molecule has 19 heavy (non-hydrogen) atoms. The van der Waals surface area contributed by atoms with E-state index in [0.29, 0.717) is 0 Å². The molecule has 0 saturated heterocycles. The highest BCUT2D eigenvalue weighted by Gasteiger charge is 2.33. The molecule has 2 nitrogen and oxygen atoms in total. The molecule has 0 aromatic heterocycles. The van der Waals surface area contributed by atoms with E-state index in [0.717, 1.165) is 36.2 Å². The topological polar surface area (TPSA) is 21.3 Å². The van der Waals surface area contributed by atoms with Crippen LogP contribution < -0.4 is 10.1 Å². The molecule has 1 aliphatic rings. The van der Waals surface area contributed by atoms with Gasteiger partial charge in [-0.15, -0.1) is 0 Å². The van der Waals surface area contributed by atoms with E-state index in [9.17, 15) is 0 Å². The average Bonchev–Trinajstić information content (AvgIpc) is 3.25. The molecule has 2 rings (SSSR count). The average molecular weight is 282 g/mol. The maximum Gasteiger partial charge on any atom is 0.122 e. The Balaban J connectivity index is 2.32. The SMILES string of the molecule is CCC(CC)(CNC1CC1)c1cc(Cl)ccc1OC. The third-order valence-electron chi connectivity index (χ3n) is 4.39. The fourth-order valence-corrected chi connectivity index (χ4v) is 2.87. The maximum absolute atomic E-state index is 6.19. The van der Waals surface area contributed by atoms with Gasteiger partial charge in [0, 0.05) is 28.6 Å². The Bertz CT molecular complexity index is 425. The Morgan fingerprint density at radius 3 is 2.53 bits per heavy atom. The number of methoxy groups -OCH3 is 1. The van der Waals surface area contributed by atoms with Crippen LogP contribution in [-0.2, 0) is 5.41 Å². The highest BCUT2D eigenvalue weighted by atomic mass is 35.5. The molecular weight excluding hydrogens is 258 g/mol. The van der Waals surface area contributed by atoms with E-state index < -0.39 is 0 Å². The summed E-state index contributed by atoms with van der Waals surface area (Å²) in [5.74, 6) is 0.950. The first-order chi connectivity index (χ1) is 9.15. The summed E-state index contributed by atoms with van der Waals surface area (Å²) in [4.78, 5) is 0. The second-order valence-corrected chi connectivity index (χ2v) is 5.92. The van der Waals surface area contributed by atoms with Crippen LogP contribution in [0.3, 0.4) is 0 Å². The first kappa shape index (κ1) is 14.7. The molecule has 1 N–H and O–H groups in total. The van der Waals surface area contributed by atoms with Gasteiger partial charge in [-0.2, -0.15) is 0 Å². The molecule has 1 saturated carbocycles. The molecule has 1 aromatic carbocycles. The van der Waals surface area contributed by atoms with Crippen LogP contribution in [0.2, 0.25) is 5.02 Å². The molecule has 0 heterocycles. The van der Waals surface area contributed by atoms with Gasteiger partial charge in [0.25, 0.3) is 0 Å². The molecule has 1 fully saturated rings. The molecule has 0 aliphatic heterocycles. The summed E-state index contributed by atoms with van der Waals surface area (Å²) >= 11 is 6.19. The van der Waals surface area contributed by atoms with E-state index >= 15 is 0 Å². The van der Waals surface area contributed by atoms with Gasteiger partial charge in [-0.05, 0) is 43.9 Å². The second kappa shape index (κ2) is 6.15. The zero-order valence-corrected chi connectivity index (χ0v) is 12.9. The van der Waals surface area contributed by atoms with Crippen LogP contribution in [-0.4, -0.2) is 19.7 Å². The molecule has 0 spiro atoms. The van der Waals surface area contributed by atoms with E-state index in [1.54, 1.807) is 7.11 Å². The molecule has 0 amide bonds. The van der Waals surface area contributed by atoms with Crippen molar-refractivity contribution in [2.45, 2.75) is 51.0 Å². The van der Waals surface area contributed by atoms with E-state index in [1.165, 1.54) is 18.4 Å². The van der Waals surface area contributed by atoms with Gasteiger partial charge in [-0.1, -0.05) is 25.4 Å². The van der Waals surface area contributed by atoms with Crippen LogP contribution in [0.5, 0.6) is 5.75 Å². The van der Waals surface area contributed by atoms with Crippen LogP contribution in [0.15, 0.2) is 18.2 Å². The molecule has 0 unspecified atom stereocenters. The quantitative estimate of drug-likeness (QED) is 0.810. The number of ether oxygens (including phenoxy) is 1. The van der Waals surface area contributed by atoms with Crippen molar-refractivity contribution in [3.63, 3.8) is 0 Å². The predicted octanol–water partition coefficient (Wildman–Crippen LogP) is 4.16. The Labute approximate surface area is 121 Å². The van der Waals surface area contributed by atoms with Gasteiger partial charge < -0.3 is 10.1 Å². The molecule has 106 valence electrons. The first-order valence-corrected chi connectivity index (χ1v) is 7.60. The normalized spacial score (nSPS) is 15.6. The first-order valence-electron chi connectivity index (χ1n) is 7.22. The van der Waals surface area contributed by atoms with Crippen molar-refractivity contribution in [2.75, 3.05) is 13.7 Å². The summed E-state index contributed by atoms with van der Waals surface area (Å²) in [6.07, 6.45) is 4.80. The largest absolute Gasteiger partial charge is 0.496 e. The monoisotopic (exact) mass is 281 g/mol. The third kappa shape index (κ3) is 3.24. The molecule has 1 aromatic rings. The van der Waals surface area contributed by atoms with Gasteiger partial charge in [0.2, 0.25) is 0 Å². The lowest BCUT2D eigenvalue weighted by atomic mass is 9.75. The Hall–Kier alpha value is -0.730. The van der Waals surface area contributed by atoms with Crippen molar-refractivity contribution >= 4 is 11.6 Å². The number of nitrogens with one attached hydrogen (secondary N) is 1. The summed E-state index contributed by atoms with van der Waals surface area (Å²) < 4.78 is 5.55. The zero-order valence-electron chi connectivity index (χ0n) is 12.1. The van der Waals surface area contributed by atoms with Crippen molar-refractivity contribution in [3.8, 4) is 5.75 Å². The van der Waals surface area contributed by atoms with Crippen LogP contribution in [0, 0.1) is 0 Å². The number of rotatable bonds is 7. The molecular formula is C16H24ClNO. The highest BCUT2D eigenvalue weighted by Crippen LogP contribution is 2.39. The minimum absolute atomic E-state index is 0.110.